The van der Waals surface area contributed by atoms with Crippen LogP contribution in [0.2, 0.25) is 0 Å². The van der Waals surface area contributed by atoms with Crippen LogP contribution in [0.4, 0.5) is 4.39 Å². The maximum Gasteiger partial charge on any atom is 0.251 e. The van der Waals surface area contributed by atoms with Gasteiger partial charge >= 0.3 is 0 Å². The van der Waals surface area contributed by atoms with Crippen molar-refractivity contribution in [1.82, 2.24) is 10.2 Å². The largest absolute Gasteiger partial charge is 0.457 e. The summed E-state index contributed by atoms with van der Waals surface area (Å²) in [5.41, 5.74) is 0.379. The summed E-state index contributed by atoms with van der Waals surface area (Å²) in [5.74, 6) is 0.576. The molecule has 2 heterocycles. The zero-order chi connectivity index (χ0) is 23.5. The number of carbonyl (C=O) groups is 2. The van der Waals surface area contributed by atoms with Gasteiger partial charge in [-0.2, -0.15) is 0 Å². The van der Waals surface area contributed by atoms with Gasteiger partial charge in [0.1, 0.15) is 35.9 Å². The summed E-state index contributed by atoms with van der Waals surface area (Å²) in [6.07, 6.45) is -2.73. The van der Waals surface area contributed by atoms with Gasteiger partial charge in [0, 0.05) is 5.56 Å². The average Bonchev–Trinajstić information content (AvgIpc) is 3.34. The SMILES string of the molecule is CC(C)C[C@H](NC(=O)c1ccc(Oc2ccccc2)cc1)C(=O)N1C[C@H](F)[C@H]2OC[C@H](O)[C@H]21. The minimum Gasteiger partial charge on any atom is -0.457 e. The number of likely N-dealkylation sites (tertiary alicyclic amines) is 1. The second kappa shape index (κ2) is 9.89. The van der Waals surface area contributed by atoms with E-state index >= 15 is 0 Å². The van der Waals surface area contributed by atoms with Crippen molar-refractivity contribution in [2.45, 2.75) is 50.7 Å². The number of nitrogens with one attached hydrogen (secondary N) is 1. The van der Waals surface area contributed by atoms with Crippen LogP contribution in [-0.4, -0.2) is 65.4 Å². The number of halogens is 1. The van der Waals surface area contributed by atoms with Gasteiger partial charge in [0.15, 0.2) is 0 Å². The fourth-order valence-electron chi connectivity index (χ4n) is 4.41. The second-order valence-corrected chi connectivity index (χ2v) is 8.96. The lowest BCUT2D eigenvalue weighted by Gasteiger charge is -2.30. The predicted molar refractivity (Wildman–Crippen MR) is 120 cm³/mol. The molecule has 2 saturated heterocycles. The lowest BCUT2D eigenvalue weighted by atomic mass is 10.0. The van der Waals surface area contributed by atoms with Gasteiger partial charge in [-0.25, -0.2) is 4.39 Å². The van der Waals surface area contributed by atoms with E-state index < -0.39 is 42.3 Å². The third kappa shape index (κ3) is 5.17. The summed E-state index contributed by atoms with van der Waals surface area (Å²) in [4.78, 5) is 27.5. The van der Waals surface area contributed by atoms with E-state index in [0.717, 1.165) is 0 Å². The summed E-state index contributed by atoms with van der Waals surface area (Å²) in [5, 5.41) is 13.0. The monoisotopic (exact) mass is 456 g/mol. The standard InChI is InChI=1S/C25H29FN2O5/c1-15(2)12-20(25(31)28-13-19(26)23-22(28)21(29)14-32-23)27-24(30)16-8-10-18(11-9-16)33-17-6-4-3-5-7-17/h3-11,15,19-23,29H,12-14H2,1-2H3,(H,27,30)/t19-,20-,21-,22+,23+/m0/s1. The first-order chi connectivity index (χ1) is 15.8. The fourth-order valence-corrected chi connectivity index (χ4v) is 4.41. The number of nitrogens with zero attached hydrogens (tertiary/aromatic N) is 1. The number of benzene rings is 2. The maximum absolute atomic E-state index is 14.4. The molecular formula is C25H29FN2O5. The highest BCUT2D eigenvalue weighted by molar-refractivity contribution is 5.97. The molecule has 2 aliphatic heterocycles. The highest BCUT2D eigenvalue weighted by Gasteiger charge is 2.53. The molecule has 0 unspecified atom stereocenters. The first-order valence-electron chi connectivity index (χ1n) is 11.2. The highest BCUT2D eigenvalue weighted by atomic mass is 19.1. The topological polar surface area (TPSA) is 88.1 Å². The van der Waals surface area contributed by atoms with Crippen LogP contribution in [-0.2, 0) is 9.53 Å². The Balaban J connectivity index is 1.45. The number of para-hydroxylation sites is 1. The number of hydrogen-bond acceptors (Lipinski definition) is 5. The van der Waals surface area contributed by atoms with Gasteiger partial charge in [0.2, 0.25) is 5.91 Å². The van der Waals surface area contributed by atoms with Crippen LogP contribution in [0, 0.1) is 5.92 Å². The minimum atomic E-state index is -1.36. The molecule has 2 amide bonds. The van der Waals surface area contributed by atoms with Crippen LogP contribution in [0.1, 0.15) is 30.6 Å². The summed E-state index contributed by atoms with van der Waals surface area (Å²) in [6, 6.07) is 14.4. The Bertz CT molecular complexity index is 969. The van der Waals surface area contributed by atoms with Crippen molar-refractivity contribution < 1.29 is 28.6 Å². The third-order valence-corrected chi connectivity index (χ3v) is 5.97. The van der Waals surface area contributed by atoms with E-state index in [2.05, 4.69) is 5.32 Å². The van der Waals surface area contributed by atoms with E-state index in [9.17, 15) is 19.1 Å². The Morgan fingerprint density at radius 2 is 1.82 bits per heavy atom. The Hall–Kier alpha value is -2.97. The molecule has 0 radical (unpaired) electrons. The molecule has 176 valence electrons. The van der Waals surface area contributed by atoms with Crippen molar-refractivity contribution in [2.75, 3.05) is 13.2 Å². The number of hydrogen-bond donors (Lipinski definition) is 2. The maximum atomic E-state index is 14.4. The number of alkyl halides is 1. The Kier molecular flexibility index (Phi) is 6.95. The predicted octanol–water partition coefficient (Wildman–Crippen LogP) is 2.93. The van der Waals surface area contributed by atoms with Gasteiger partial charge in [0.05, 0.1) is 19.2 Å². The molecule has 0 spiro atoms. The number of rotatable bonds is 7. The molecular weight excluding hydrogens is 427 g/mol. The number of carbonyl (C=O) groups excluding carboxylic acids is 2. The van der Waals surface area contributed by atoms with Gasteiger partial charge in [0.25, 0.3) is 5.91 Å². The summed E-state index contributed by atoms with van der Waals surface area (Å²) in [6.45, 7) is 3.74. The lowest BCUT2D eigenvalue weighted by Crippen LogP contribution is -2.53. The smallest absolute Gasteiger partial charge is 0.251 e. The summed E-state index contributed by atoms with van der Waals surface area (Å²) < 4.78 is 25.5. The van der Waals surface area contributed by atoms with Crippen molar-refractivity contribution in [3.8, 4) is 11.5 Å². The molecule has 2 aromatic rings. The van der Waals surface area contributed by atoms with Crippen molar-refractivity contribution in [3.63, 3.8) is 0 Å². The highest BCUT2D eigenvalue weighted by Crippen LogP contribution is 2.32. The van der Waals surface area contributed by atoms with Crippen molar-refractivity contribution in [2.24, 2.45) is 5.92 Å². The third-order valence-electron chi connectivity index (χ3n) is 5.97. The molecule has 2 aromatic carbocycles. The van der Waals surface area contributed by atoms with Crippen molar-refractivity contribution >= 4 is 11.8 Å². The van der Waals surface area contributed by atoms with E-state index in [1.807, 2.05) is 44.2 Å². The first kappa shape index (κ1) is 23.2. The van der Waals surface area contributed by atoms with E-state index in [1.54, 1.807) is 24.3 Å². The van der Waals surface area contributed by atoms with Gasteiger partial charge in [-0.15, -0.1) is 0 Å². The zero-order valence-corrected chi connectivity index (χ0v) is 18.7. The Morgan fingerprint density at radius 1 is 1.15 bits per heavy atom. The molecule has 5 atom stereocenters. The van der Waals surface area contributed by atoms with Crippen LogP contribution in [0.3, 0.4) is 0 Å². The number of amides is 2. The fraction of sp³-hybridized carbons (Fsp3) is 0.440. The minimum absolute atomic E-state index is 0.00184. The van der Waals surface area contributed by atoms with Gasteiger partial charge in [-0.05, 0) is 48.7 Å². The Morgan fingerprint density at radius 3 is 2.48 bits per heavy atom. The molecule has 0 bridgehead atoms. The van der Waals surface area contributed by atoms with Crippen LogP contribution >= 0.6 is 0 Å². The molecule has 33 heavy (non-hydrogen) atoms. The van der Waals surface area contributed by atoms with Gasteiger partial charge < -0.3 is 24.8 Å². The average molecular weight is 457 g/mol. The van der Waals surface area contributed by atoms with E-state index in [-0.39, 0.29) is 19.1 Å². The molecule has 0 aliphatic carbocycles. The molecule has 0 aromatic heterocycles. The molecule has 8 heteroatoms. The van der Waals surface area contributed by atoms with Crippen molar-refractivity contribution in [1.29, 1.82) is 0 Å². The number of ether oxygens (including phenoxy) is 2. The summed E-state index contributed by atoms with van der Waals surface area (Å²) >= 11 is 0. The molecule has 2 aliphatic rings. The lowest BCUT2D eigenvalue weighted by molar-refractivity contribution is -0.136. The van der Waals surface area contributed by atoms with Crippen LogP contribution in [0.5, 0.6) is 11.5 Å². The molecule has 2 N–H and O–H groups in total. The first-order valence-corrected chi connectivity index (χ1v) is 11.2. The molecule has 7 nitrogen and oxygen atoms in total. The van der Waals surface area contributed by atoms with Crippen LogP contribution < -0.4 is 10.1 Å². The molecule has 4 rings (SSSR count). The summed E-state index contributed by atoms with van der Waals surface area (Å²) in [7, 11) is 0. The van der Waals surface area contributed by atoms with Crippen LogP contribution in [0.25, 0.3) is 0 Å². The van der Waals surface area contributed by atoms with Gasteiger partial charge in [-0.1, -0.05) is 32.0 Å². The molecule has 0 saturated carbocycles. The molecule has 2 fully saturated rings. The number of aliphatic hydroxyl groups is 1. The van der Waals surface area contributed by atoms with Crippen molar-refractivity contribution in [3.05, 3.63) is 60.2 Å². The second-order valence-electron chi connectivity index (χ2n) is 8.96. The number of aliphatic hydroxyl groups excluding tert-OH is 1. The number of fused-ring (bicyclic) bond motifs is 1. The van der Waals surface area contributed by atoms with E-state index in [0.29, 0.717) is 23.5 Å². The van der Waals surface area contributed by atoms with Gasteiger partial charge in [-0.3, -0.25) is 9.59 Å². The normalized spacial score (nSPS) is 25.1. The van der Waals surface area contributed by atoms with E-state index in [1.165, 1.54) is 4.90 Å². The Labute approximate surface area is 192 Å². The van der Waals surface area contributed by atoms with E-state index in [4.69, 9.17) is 9.47 Å². The van der Waals surface area contributed by atoms with Crippen LogP contribution in [0.15, 0.2) is 54.6 Å². The zero-order valence-electron chi connectivity index (χ0n) is 18.7. The quantitative estimate of drug-likeness (QED) is 0.669.